The number of phenols is 1. The van der Waals surface area contributed by atoms with Crippen LogP contribution >= 0.6 is 0 Å². The van der Waals surface area contributed by atoms with Crippen molar-refractivity contribution in [1.82, 2.24) is 26.2 Å². The summed E-state index contributed by atoms with van der Waals surface area (Å²) >= 11 is 0. The van der Waals surface area contributed by atoms with Crippen molar-refractivity contribution in [3.05, 3.63) is 29.8 Å². The van der Waals surface area contributed by atoms with Gasteiger partial charge in [-0.15, -0.1) is 0 Å². The van der Waals surface area contributed by atoms with Crippen molar-refractivity contribution in [2.24, 2.45) is 28.1 Å². The third-order valence-electron chi connectivity index (χ3n) is 8.20. The molecule has 0 bridgehead atoms. The lowest BCUT2D eigenvalue weighted by atomic mass is 9.98. The quantitative estimate of drug-likeness (QED) is 0.0322. The summed E-state index contributed by atoms with van der Waals surface area (Å²) in [6.45, 7) is 5.57. The van der Waals surface area contributed by atoms with Gasteiger partial charge in [-0.3, -0.25) is 43.5 Å². The van der Waals surface area contributed by atoms with E-state index in [1.807, 2.05) is 0 Å². The standard InChI is InChI=1S/C35H55N9O11/c1-19(2)29(31(51)42-26(34(54)55)18-22-10-12-23(47)13-11-22)43-30(50)27(14-15-28(48)49)44(32(52)24(40-20(3)45)8-5-6-16-36)33(53)25(41-21(4)46)9-7-17-39-35(37)38/h10-13,19,24-27,29,47H,5-9,14-18,36H2,1-4H3,(H,40,45)(H,41,46)(H,42,51)(H,43,50)(H,48,49)(H,54,55)(H4,37,38,39)/t24-,25-,26-,27-,29-/m0/s1. The summed E-state index contributed by atoms with van der Waals surface area (Å²) in [6.07, 6.45) is -0.919. The Bertz CT molecular complexity index is 1530. The maximum atomic E-state index is 14.4. The Hall–Kier alpha value is -5.79. The third kappa shape index (κ3) is 17.3. The van der Waals surface area contributed by atoms with Gasteiger partial charge in [0.05, 0.1) is 0 Å². The predicted octanol–water partition coefficient (Wildman–Crippen LogP) is -1.57. The molecular weight excluding hydrogens is 722 g/mol. The maximum absolute atomic E-state index is 14.4. The number of hydrogen-bond donors (Lipinski definition) is 10. The minimum Gasteiger partial charge on any atom is -0.508 e. The molecule has 0 spiro atoms. The molecule has 20 nitrogen and oxygen atoms in total. The number of amides is 6. The molecule has 1 rings (SSSR count). The zero-order valence-corrected chi connectivity index (χ0v) is 31.6. The number of carboxylic acid groups (broad SMARTS) is 2. The lowest BCUT2D eigenvalue weighted by molar-refractivity contribution is -0.157. The van der Waals surface area contributed by atoms with Crippen molar-refractivity contribution in [3.8, 4) is 5.75 Å². The van der Waals surface area contributed by atoms with E-state index in [2.05, 4.69) is 26.3 Å². The van der Waals surface area contributed by atoms with Gasteiger partial charge >= 0.3 is 11.9 Å². The van der Waals surface area contributed by atoms with Crippen LogP contribution in [0.25, 0.3) is 0 Å². The number of unbranched alkanes of at least 4 members (excludes halogenated alkanes) is 1. The van der Waals surface area contributed by atoms with E-state index in [1.54, 1.807) is 0 Å². The number of benzene rings is 1. The van der Waals surface area contributed by atoms with Crippen molar-refractivity contribution in [3.63, 3.8) is 0 Å². The van der Waals surface area contributed by atoms with E-state index in [4.69, 9.17) is 17.2 Å². The second kappa shape index (κ2) is 23.8. The van der Waals surface area contributed by atoms with E-state index in [1.165, 1.54) is 38.1 Å². The normalized spacial score (nSPS) is 13.6. The van der Waals surface area contributed by atoms with Gasteiger partial charge in [0, 0.05) is 33.2 Å². The highest BCUT2D eigenvalue weighted by molar-refractivity contribution is 6.06. The molecule has 0 aliphatic heterocycles. The van der Waals surface area contributed by atoms with Crippen LogP contribution in [0.2, 0.25) is 0 Å². The molecule has 0 heterocycles. The van der Waals surface area contributed by atoms with Crippen LogP contribution in [-0.4, -0.2) is 117 Å². The lowest BCUT2D eigenvalue weighted by Crippen LogP contribution is -2.63. The number of hydrogen-bond acceptors (Lipinski definition) is 11. The molecule has 5 atom stereocenters. The zero-order chi connectivity index (χ0) is 41.8. The average Bonchev–Trinajstić information content (AvgIpc) is 3.09. The Morgan fingerprint density at radius 2 is 1.29 bits per heavy atom. The number of imide groups is 1. The molecule has 306 valence electrons. The number of carbonyl (C=O) groups excluding carboxylic acids is 6. The van der Waals surface area contributed by atoms with Crippen LogP contribution in [0.4, 0.5) is 0 Å². The Balaban J connectivity index is 3.75. The molecule has 0 saturated heterocycles. The van der Waals surface area contributed by atoms with Gasteiger partial charge in [-0.05, 0) is 68.7 Å². The van der Waals surface area contributed by atoms with E-state index < -0.39 is 96.4 Å². The molecule has 6 amide bonds. The van der Waals surface area contributed by atoms with E-state index in [9.17, 15) is 53.7 Å². The van der Waals surface area contributed by atoms with E-state index >= 15 is 0 Å². The second-order valence-electron chi connectivity index (χ2n) is 13.2. The number of nitrogens with two attached hydrogens (primary N) is 3. The molecule has 20 heteroatoms. The molecule has 0 aliphatic rings. The summed E-state index contributed by atoms with van der Waals surface area (Å²) in [5.74, 6) is -9.43. The first-order chi connectivity index (χ1) is 25.8. The van der Waals surface area contributed by atoms with Gasteiger partial charge in [-0.2, -0.15) is 0 Å². The van der Waals surface area contributed by atoms with Crippen LogP contribution in [0.1, 0.15) is 78.2 Å². The third-order valence-corrected chi connectivity index (χ3v) is 8.20. The molecule has 0 aliphatic carbocycles. The van der Waals surface area contributed by atoms with E-state index in [0.717, 1.165) is 13.8 Å². The van der Waals surface area contributed by atoms with Crippen molar-refractivity contribution in [2.45, 2.75) is 109 Å². The molecule has 1 aromatic carbocycles. The molecule has 0 unspecified atom stereocenters. The smallest absolute Gasteiger partial charge is 0.326 e. The first-order valence-electron chi connectivity index (χ1n) is 17.8. The lowest BCUT2D eigenvalue weighted by Gasteiger charge is -2.35. The summed E-state index contributed by atoms with van der Waals surface area (Å²) in [5.41, 5.74) is 16.9. The number of rotatable bonds is 24. The minimum absolute atomic E-state index is 0.0193. The van der Waals surface area contributed by atoms with Crippen LogP contribution in [0.15, 0.2) is 29.3 Å². The van der Waals surface area contributed by atoms with E-state index in [0.29, 0.717) is 23.3 Å². The van der Waals surface area contributed by atoms with Gasteiger partial charge in [0.1, 0.15) is 36.0 Å². The number of phenolic OH excluding ortho intramolecular Hbond substituents is 1. The van der Waals surface area contributed by atoms with Crippen LogP contribution in [0.3, 0.4) is 0 Å². The van der Waals surface area contributed by atoms with Gasteiger partial charge in [0.2, 0.25) is 23.6 Å². The topological polar surface area (TPSA) is 339 Å². The molecule has 55 heavy (non-hydrogen) atoms. The van der Waals surface area contributed by atoms with Crippen molar-refractivity contribution in [1.29, 1.82) is 0 Å². The number of nitrogens with one attached hydrogen (secondary N) is 4. The van der Waals surface area contributed by atoms with Crippen LogP contribution in [0.5, 0.6) is 5.75 Å². The predicted molar refractivity (Wildman–Crippen MR) is 199 cm³/mol. The average molecular weight is 778 g/mol. The van der Waals surface area contributed by atoms with Crippen molar-refractivity contribution in [2.75, 3.05) is 13.1 Å². The van der Waals surface area contributed by atoms with Crippen LogP contribution < -0.4 is 38.5 Å². The number of carbonyl (C=O) groups is 8. The zero-order valence-electron chi connectivity index (χ0n) is 31.6. The van der Waals surface area contributed by atoms with Crippen molar-refractivity contribution < 1.29 is 53.7 Å². The molecule has 0 radical (unpaired) electrons. The van der Waals surface area contributed by atoms with Crippen LogP contribution in [-0.2, 0) is 44.8 Å². The Labute approximate surface area is 319 Å². The first-order valence-corrected chi connectivity index (χ1v) is 17.8. The van der Waals surface area contributed by atoms with Crippen LogP contribution in [0, 0.1) is 5.92 Å². The first kappa shape index (κ1) is 47.2. The number of guanidine groups is 1. The largest absolute Gasteiger partial charge is 0.508 e. The molecular formula is C35H55N9O11. The summed E-state index contributed by atoms with van der Waals surface area (Å²) in [5, 5.41) is 38.9. The monoisotopic (exact) mass is 777 g/mol. The van der Waals surface area contributed by atoms with Gasteiger partial charge in [0.25, 0.3) is 11.8 Å². The van der Waals surface area contributed by atoms with Gasteiger partial charge in [-0.1, -0.05) is 26.0 Å². The fourth-order valence-electron chi connectivity index (χ4n) is 5.50. The summed E-state index contributed by atoms with van der Waals surface area (Å²) < 4.78 is 0. The SMILES string of the molecule is CC(=O)N[C@@H](CCCCN)C(=O)N(C(=O)[C@H](CCCN=C(N)N)NC(C)=O)[C@@H](CCC(=O)O)C(=O)N[C@H](C(=O)N[C@@H](Cc1ccc(O)cc1)C(=O)O)C(C)C. The highest BCUT2D eigenvalue weighted by Gasteiger charge is 2.42. The summed E-state index contributed by atoms with van der Waals surface area (Å²) in [4.78, 5) is 109. The Morgan fingerprint density at radius 1 is 0.745 bits per heavy atom. The molecule has 1 aromatic rings. The van der Waals surface area contributed by atoms with Gasteiger partial charge in [0.15, 0.2) is 5.96 Å². The number of aliphatic carboxylic acids is 2. The van der Waals surface area contributed by atoms with Gasteiger partial charge < -0.3 is 53.8 Å². The Morgan fingerprint density at radius 3 is 1.75 bits per heavy atom. The number of carboxylic acids is 2. The number of aliphatic imine (C=N–C) groups is 1. The molecule has 13 N–H and O–H groups in total. The van der Waals surface area contributed by atoms with E-state index in [-0.39, 0.29) is 50.5 Å². The summed E-state index contributed by atoms with van der Waals surface area (Å²) in [7, 11) is 0. The van der Waals surface area contributed by atoms with Crippen molar-refractivity contribution >= 4 is 53.3 Å². The second-order valence-corrected chi connectivity index (χ2v) is 13.2. The highest BCUT2D eigenvalue weighted by Crippen LogP contribution is 2.19. The minimum atomic E-state index is -1.91. The number of nitrogens with zero attached hydrogens (tertiary/aromatic N) is 2. The number of aromatic hydroxyl groups is 1. The molecule has 0 aromatic heterocycles. The van der Waals surface area contributed by atoms with Gasteiger partial charge in [-0.25, -0.2) is 4.79 Å². The highest BCUT2D eigenvalue weighted by atomic mass is 16.4. The maximum Gasteiger partial charge on any atom is 0.326 e. The summed E-state index contributed by atoms with van der Waals surface area (Å²) in [6, 6.07) is -2.09. The fourth-order valence-corrected chi connectivity index (χ4v) is 5.50. The molecule has 0 saturated carbocycles. The molecule has 0 fully saturated rings. The Kier molecular flexibility index (Phi) is 20.4. The fraction of sp³-hybridized carbons (Fsp3) is 0.571.